The summed E-state index contributed by atoms with van der Waals surface area (Å²) in [6, 6.07) is 14.4. The summed E-state index contributed by atoms with van der Waals surface area (Å²) in [6.07, 6.45) is -0.215. The zero-order chi connectivity index (χ0) is 30.8. The second-order valence-corrected chi connectivity index (χ2v) is 12.9. The molecule has 3 N–H and O–H groups in total. The van der Waals surface area contributed by atoms with Crippen molar-refractivity contribution in [3.8, 4) is 5.75 Å². The predicted octanol–water partition coefficient (Wildman–Crippen LogP) is 1.95. The number of hydrogen-bond acceptors (Lipinski definition) is 8. The Morgan fingerprint density at radius 3 is 2.52 bits per heavy atom. The van der Waals surface area contributed by atoms with Crippen molar-refractivity contribution >= 4 is 39.3 Å². The molecule has 4 fully saturated rings. The number of carbonyl (C=O) groups is 3. The van der Waals surface area contributed by atoms with Gasteiger partial charge in [0.05, 0.1) is 50.4 Å². The molecular weight excluding hydrogens is 632 g/mol. The molecular formula is C32H39BrN4O7. The van der Waals surface area contributed by atoms with E-state index in [4.69, 9.17) is 14.2 Å². The van der Waals surface area contributed by atoms with Crippen LogP contribution in [0.1, 0.15) is 24.9 Å². The van der Waals surface area contributed by atoms with Crippen molar-refractivity contribution in [1.29, 1.82) is 0 Å². The Labute approximate surface area is 265 Å². The number of alkyl halides is 1. The summed E-state index contributed by atoms with van der Waals surface area (Å²) in [6.45, 7) is 5.96. The first kappa shape index (κ1) is 31.0. The van der Waals surface area contributed by atoms with Gasteiger partial charge in [-0.2, -0.15) is 0 Å². The number of carbonyl (C=O) groups excluding carboxylic acids is 3. The molecule has 4 saturated heterocycles. The first-order valence-electron chi connectivity index (χ1n) is 15.3. The molecule has 3 unspecified atom stereocenters. The summed E-state index contributed by atoms with van der Waals surface area (Å²) < 4.78 is 17.6. The predicted molar refractivity (Wildman–Crippen MR) is 165 cm³/mol. The smallest absolute Gasteiger partial charge is 0.245 e. The Hall–Kier alpha value is -3.03. The highest BCUT2D eigenvalue weighted by molar-refractivity contribution is 9.09. The highest BCUT2D eigenvalue weighted by Crippen LogP contribution is 2.61. The van der Waals surface area contributed by atoms with E-state index in [1.54, 1.807) is 24.3 Å². The van der Waals surface area contributed by atoms with E-state index >= 15 is 0 Å². The minimum absolute atomic E-state index is 0.240. The van der Waals surface area contributed by atoms with E-state index in [-0.39, 0.29) is 29.2 Å². The lowest BCUT2D eigenvalue weighted by atomic mass is 9.70. The molecule has 0 aliphatic carbocycles. The number of halogens is 1. The van der Waals surface area contributed by atoms with Gasteiger partial charge in [-0.05, 0) is 43.2 Å². The van der Waals surface area contributed by atoms with Crippen LogP contribution in [0, 0.1) is 11.8 Å². The van der Waals surface area contributed by atoms with Crippen molar-refractivity contribution in [2.45, 2.75) is 42.0 Å². The first-order valence-corrected chi connectivity index (χ1v) is 16.2. The largest absolute Gasteiger partial charge is 0.494 e. The molecule has 0 radical (unpaired) electrons. The number of ether oxygens (including phenoxy) is 3. The molecule has 11 nitrogen and oxygen atoms in total. The number of rotatable bonds is 11. The number of amides is 3. The molecule has 0 aromatic heterocycles. The van der Waals surface area contributed by atoms with Crippen molar-refractivity contribution in [3.05, 3.63) is 60.2 Å². The summed E-state index contributed by atoms with van der Waals surface area (Å²) in [5.41, 5.74) is 0.0342. The minimum Gasteiger partial charge on any atom is -0.494 e. The standard InChI is InChI=1S/C32H39BrN4O7/c1-2-43-22-10-8-21(9-11-22)35-29(39)25-26-31(41)37(24(19-38)20-6-4-3-5-7-20)28(32(26)18-23(33)27(25)44-32)30(40)34-12-13-36-14-16-42-17-15-36/h3-11,23-28,38H,2,12-19H2,1H3,(H,34,40)(H,35,39)/t23?,24-,25+,26+,27+,28?,32?/m1/s1. The maximum Gasteiger partial charge on any atom is 0.245 e. The topological polar surface area (TPSA) is 130 Å². The summed E-state index contributed by atoms with van der Waals surface area (Å²) in [7, 11) is 0. The Morgan fingerprint density at radius 1 is 1.11 bits per heavy atom. The van der Waals surface area contributed by atoms with Gasteiger partial charge in [-0.15, -0.1) is 0 Å². The van der Waals surface area contributed by atoms with Gasteiger partial charge in [0.25, 0.3) is 0 Å². The van der Waals surface area contributed by atoms with Crippen LogP contribution in [-0.4, -0.2) is 108 Å². The van der Waals surface area contributed by atoms with E-state index in [1.165, 1.54) is 4.90 Å². The van der Waals surface area contributed by atoms with Crippen LogP contribution in [0.15, 0.2) is 54.6 Å². The number of nitrogens with one attached hydrogen (secondary N) is 2. The number of nitrogens with zero attached hydrogens (tertiary/aromatic N) is 2. The fourth-order valence-corrected chi connectivity index (χ4v) is 8.26. The molecule has 2 bridgehead atoms. The second kappa shape index (κ2) is 13.1. The summed E-state index contributed by atoms with van der Waals surface area (Å²) in [4.78, 5) is 46.0. The van der Waals surface area contributed by atoms with Crippen LogP contribution < -0.4 is 15.4 Å². The first-order chi connectivity index (χ1) is 21.4. The third-order valence-electron chi connectivity index (χ3n) is 9.24. The molecule has 6 rings (SSSR count). The molecule has 2 aromatic carbocycles. The number of likely N-dealkylation sites (tertiary alicyclic amines) is 1. The van der Waals surface area contributed by atoms with Crippen molar-refractivity contribution in [3.63, 3.8) is 0 Å². The third-order valence-corrected chi connectivity index (χ3v) is 10.1. The molecule has 2 aromatic rings. The van der Waals surface area contributed by atoms with Crippen LogP contribution >= 0.6 is 15.9 Å². The van der Waals surface area contributed by atoms with Gasteiger partial charge in [-0.3, -0.25) is 19.3 Å². The Morgan fingerprint density at radius 2 is 1.84 bits per heavy atom. The quantitative estimate of drug-likeness (QED) is 0.310. The summed E-state index contributed by atoms with van der Waals surface area (Å²) in [5, 5.41) is 16.6. The Kier molecular flexibility index (Phi) is 9.25. The van der Waals surface area contributed by atoms with Crippen LogP contribution in [-0.2, 0) is 23.9 Å². The minimum atomic E-state index is -1.23. The van der Waals surface area contributed by atoms with E-state index in [2.05, 4.69) is 31.5 Å². The van der Waals surface area contributed by atoms with E-state index in [0.717, 1.165) is 13.1 Å². The molecule has 3 amide bonds. The average molecular weight is 672 g/mol. The van der Waals surface area contributed by atoms with Gasteiger partial charge < -0.3 is 34.9 Å². The molecule has 236 valence electrons. The van der Waals surface area contributed by atoms with Crippen molar-refractivity contribution in [2.75, 3.05) is 57.9 Å². The highest BCUT2D eigenvalue weighted by Gasteiger charge is 2.77. The van der Waals surface area contributed by atoms with Crippen LogP contribution in [0.25, 0.3) is 0 Å². The maximum absolute atomic E-state index is 14.5. The monoisotopic (exact) mass is 670 g/mol. The van der Waals surface area contributed by atoms with Gasteiger partial charge in [0.2, 0.25) is 17.7 Å². The van der Waals surface area contributed by atoms with Crippen molar-refractivity contribution in [1.82, 2.24) is 15.1 Å². The fourth-order valence-electron chi connectivity index (χ4n) is 7.32. The molecule has 1 spiro atoms. The van der Waals surface area contributed by atoms with Gasteiger partial charge in [-0.25, -0.2) is 0 Å². The number of morpholine rings is 1. The summed E-state index contributed by atoms with van der Waals surface area (Å²) >= 11 is 3.72. The Bertz CT molecular complexity index is 1340. The van der Waals surface area contributed by atoms with Gasteiger partial charge in [0.15, 0.2) is 0 Å². The van der Waals surface area contributed by atoms with Crippen LogP contribution in [0.5, 0.6) is 5.75 Å². The molecule has 4 heterocycles. The molecule has 44 heavy (non-hydrogen) atoms. The van der Waals surface area contributed by atoms with E-state index in [1.807, 2.05) is 37.3 Å². The molecule has 0 saturated carbocycles. The lowest BCUT2D eigenvalue weighted by Gasteiger charge is -2.37. The number of hydrogen-bond donors (Lipinski definition) is 3. The number of aliphatic hydroxyl groups excluding tert-OH is 1. The highest BCUT2D eigenvalue weighted by atomic mass is 79.9. The van der Waals surface area contributed by atoms with E-state index in [9.17, 15) is 19.5 Å². The third kappa shape index (κ3) is 5.62. The van der Waals surface area contributed by atoms with Crippen molar-refractivity contribution in [2.24, 2.45) is 11.8 Å². The van der Waals surface area contributed by atoms with E-state index < -0.39 is 35.6 Å². The second-order valence-electron chi connectivity index (χ2n) is 11.7. The Balaban J connectivity index is 1.30. The fraction of sp³-hybridized carbons (Fsp3) is 0.531. The van der Waals surface area contributed by atoms with Crippen LogP contribution in [0.2, 0.25) is 0 Å². The number of benzene rings is 2. The van der Waals surface area contributed by atoms with Gasteiger partial charge in [-0.1, -0.05) is 46.3 Å². The van der Waals surface area contributed by atoms with Gasteiger partial charge >= 0.3 is 0 Å². The SMILES string of the molecule is CCOc1ccc(NC(=O)[C@H]2[C@H]3C(=O)N([C@H](CO)c4ccccc4)C(C(=O)NCCN4CCOCC4)C34CC(Br)[C@@H]2O4)cc1. The molecule has 7 atom stereocenters. The number of anilines is 1. The van der Waals surface area contributed by atoms with Gasteiger partial charge in [0, 0.05) is 36.7 Å². The van der Waals surface area contributed by atoms with Crippen LogP contribution in [0.4, 0.5) is 5.69 Å². The lowest BCUT2D eigenvalue weighted by Crippen LogP contribution is -2.57. The summed E-state index contributed by atoms with van der Waals surface area (Å²) in [5.74, 6) is -2.11. The van der Waals surface area contributed by atoms with E-state index in [0.29, 0.717) is 56.3 Å². The number of fused-ring (bicyclic) bond motifs is 1. The van der Waals surface area contributed by atoms with Crippen molar-refractivity contribution < 1.29 is 33.7 Å². The average Bonchev–Trinajstić information content (AvgIpc) is 3.63. The molecule has 12 heteroatoms. The molecule has 4 aliphatic heterocycles. The lowest BCUT2D eigenvalue weighted by molar-refractivity contribution is -0.145. The zero-order valence-electron chi connectivity index (χ0n) is 24.7. The molecule has 4 aliphatic rings. The van der Waals surface area contributed by atoms with Crippen LogP contribution in [0.3, 0.4) is 0 Å². The van der Waals surface area contributed by atoms with Gasteiger partial charge in [0.1, 0.15) is 17.4 Å². The zero-order valence-corrected chi connectivity index (χ0v) is 26.3. The normalized spacial score (nSPS) is 30.2. The maximum atomic E-state index is 14.5. The number of aliphatic hydroxyl groups is 1.